The van der Waals surface area contributed by atoms with Crippen LogP contribution in [0.3, 0.4) is 0 Å². The number of rotatable bonds is 6. The van der Waals surface area contributed by atoms with E-state index in [1.807, 2.05) is 11.8 Å². The van der Waals surface area contributed by atoms with Gasteiger partial charge in [0, 0.05) is 21.5 Å². The van der Waals surface area contributed by atoms with Gasteiger partial charge in [0.2, 0.25) is 0 Å². The predicted molar refractivity (Wildman–Crippen MR) is 125 cm³/mol. The summed E-state index contributed by atoms with van der Waals surface area (Å²) in [4.78, 5) is 15.7. The topological polar surface area (TPSA) is 62.7 Å². The zero-order valence-corrected chi connectivity index (χ0v) is 18.5. The molecule has 0 aliphatic carbocycles. The van der Waals surface area contributed by atoms with Gasteiger partial charge in [0.25, 0.3) is 0 Å². The van der Waals surface area contributed by atoms with E-state index in [1.165, 1.54) is 27.4 Å². The van der Waals surface area contributed by atoms with Gasteiger partial charge in [0.1, 0.15) is 11.8 Å². The number of hydrogen-bond acceptors (Lipinski definition) is 7. The van der Waals surface area contributed by atoms with Gasteiger partial charge in [-0.05, 0) is 49.2 Å². The fourth-order valence-corrected chi connectivity index (χ4v) is 4.69. The number of thioether (sulfide) groups is 1. The van der Waals surface area contributed by atoms with E-state index in [4.69, 9.17) is 4.98 Å². The van der Waals surface area contributed by atoms with Gasteiger partial charge in [-0.3, -0.25) is 0 Å². The van der Waals surface area contributed by atoms with E-state index < -0.39 is 0 Å². The van der Waals surface area contributed by atoms with Gasteiger partial charge in [-0.15, -0.1) is 11.8 Å². The number of hydrogen-bond donors (Lipinski definition) is 2. The van der Waals surface area contributed by atoms with Gasteiger partial charge in [-0.25, -0.2) is 15.0 Å². The molecular weight excluding hydrogens is 398 g/mol. The summed E-state index contributed by atoms with van der Waals surface area (Å²) in [6, 6.07) is 14.6. The molecule has 4 rings (SSSR count). The zero-order chi connectivity index (χ0) is 20.4. The third-order valence-corrected chi connectivity index (χ3v) is 6.29. The maximum atomic E-state index is 4.76. The third kappa shape index (κ3) is 4.52. The number of para-hydroxylation sites is 1. The first-order chi connectivity index (χ1) is 14.0. The molecule has 148 valence electrons. The monoisotopic (exact) mass is 421 g/mol. The molecule has 7 heteroatoms. The van der Waals surface area contributed by atoms with Crippen LogP contribution in [0.4, 0.5) is 22.3 Å². The van der Waals surface area contributed by atoms with Crippen LogP contribution in [-0.4, -0.2) is 20.2 Å². The number of thiazole rings is 1. The summed E-state index contributed by atoms with van der Waals surface area (Å²) in [5.41, 5.74) is 5.22. The summed E-state index contributed by atoms with van der Waals surface area (Å²) < 4.78 is 0. The molecule has 2 heterocycles. The molecule has 2 N–H and O–H groups in total. The number of aryl methyl sites for hydroxylation is 2. The molecule has 0 aliphatic heterocycles. The number of fused-ring (bicyclic) bond motifs is 1. The van der Waals surface area contributed by atoms with Crippen molar-refractivity contribution in [2.45, 2.75) is 37.8 Å². The van der Waals surface area contributed by atoms with Crippen molar-refractivity contribution in [3.63, 3.8) is 0 Å². The van der Waals surface area contributed by atoms with Crippen LogP contribution in [0.1, 0.15) is 25.0 Å². The standard InChI is InChI=1S/C22H23N5S2/c1-13(2)28-17-10-8-16(9-11-17)25-20-19-21(24-12-23-20)29-22(27-19)26-18-14(3)6-5-7-15(18)4/h5-13H,1-4H3,(H,26,27)(H,23,24,25). The minimum absolute atomic E-state index is 0.563. The van der Waals surface area contributed by atoms with Crippen LogP contribution in [0.25, 0.3) is 10.3 Å². The molecule has 2 aromatic heterocycles. The first kappa shape index (κ1) is 19.7. The molecule has 0 radical (unpaired) electrons. The fourth-order valence-electron chi connectivity index (χ4n) is 3.04. The largest absolute Gasteiger partial charge is 0.338 e. The van der Waals surface area contributed by atoms with E-state index in [-0.39, 0.29) is 0 Å². The normalized spacial score (nSPS) is 11.2. The average molecular weight is 422 g/mol. The van der Waals surface area contributed by atoms with Gasteiger partial charge in [0.15, 0.2) is 15.8 Å². The molecule has 0 saturated carbocycles. The second kappa shape index (κ2) is 8.39. The molecule has 2 aromatic carbocycles. The number of nitrogens with one attached hydrogen (secondary N) is 2. The Morgan fingerprint density at radius 1 is 0.931 bits per heavy atom. The Morgan fingerprint density at radius 2 is 1.66 bits per heavy atom. The van der Waals surface area contributed by atoms with Crippen LogP contribution in [0.15, 0.2) is 53.7 Å². The van der Waals surface area contributed by atoms with Crippen molar-refractivity contribution in [3.05, 3.63) is 59.9 Å². The second-order valence-corrected chi connectivity index (χ2v) is 9.73. The lowest BCUT2D eigenvalue weighted by Crippen LogP contribution is -1.97. The Labute approximate surface area is 179 Å². The zero-order valence-electron chi connectivity index (χ0n) is 16.9. The number of nitrogens with zero attached hydrogens (tertiary/aromatic N) is 3. The molecule has 0 bridgehead atoms. The summed E-state index contributed by atoms with van der Waals surface area (Å²) in [6.45, 7) is 8.58. The van der Waals surface area contributed by atoms with Crippen molar-refractivity contribution < 1.29 is 0 Å². The van der Waals surface area contributed by atoms with Gasteiger partial charge < -0.3 is 10.6 Å². The van der Waals surface area contributed by atoms with Crippen molar-refractivity contribution in [2.75, 3.05) is 10.6 Å². The van der Waals surface area contributed by atoms with Crippen molar-refractivity contribution >= 4 is 55.8 Å². The maximum absolute atomic E-state index is 4.76. The molecule has 0 unspecified atom stereocenters. The van der Waals surface area contributed by atoms with Gasteiger partial charge in [-0.1, -0.05) is 43.4 Å². The van der Waals surface area contributed by atoms with Crippen molar-refractivity contribution in [3.8, 4) is 0 Å². The lowest BCUT2D eigenvalue weighted by atomic mass is 10.1. The van der Waals surface area contributed by atoms with Gasteiger partial charge in [-0.2, -0.15) is 0 Å². The summed E-state index contributed by atoms with van der Waals surface area (Å²) in [5, 5.41) is 8.21. The first-order valence-electron chi connectivity index (χ1n) is 9.48. The summed E-state index contributed by atoms with van der Waals surface area (Å²) in [7, 11) is 0. The van der Waals surface area contributed by atoms with Crippen molar-refractivity contribution in [1.29, 1.82) is 0 Å². The van der Waals surface area contributed by atoms with Crippen LogP contribution >= 0.6 is 23.1 Å². The maximum Gasteiger partial charge on any atom is 0.189 e. The minimum Gasteiger partial charge on any atom is -0.338 e. The van der Waals surface area contributed by atoms with E-state index >= 15 is 0 Å². The highest BCUT2D eigenvalue weighted by molar-refractivity contribution is 7.99. The molecule has 4 aromatic rings. The van der Waals surface area contributed by atoms with Crippen LogP contribution in [0.2, 0.25) is 0 Å². The molecule has 0 atom stereocenters. The predicted octanol–water partition coefficient (Wildman–Crippen LogP) is 6.69. The Morgan fingerprint density at radius 3 is 2.34 bits per heavy atom. The van der Waals surface area contributed by atoms with Crippen molar-refractivity contribution in [1.82, 2.24) is 15.0 Å². The highest BCUT2D eigenvalue weighted by Gasteiger charge is 2.13. The molecule has 0 spiro atoms. The van der Waals surface area contributed by atoms with Crippen LogP contribution in [0.5, 0.6) is 0 Å². The molecule has 5 nitrogen and oxygen atoms in total. The van der Waals surface area contributed by atoms with Crippen LogP contribution < -0.4 is 10.6 Å². The lowest BCUT2D eigenvalue weighted by molar-refractivity contribution is 1.11. The SMILES string of the molecule is Cc1cccc(C)c1Nc1nc2c(Nc3ccc(SC(C)C)cc3)ncnc2s1. The molecule has 29 heavy (non-hydrogen) atoms. The smallest absolute Gasteiger partial charge is 0.189 e. The highest BCUT2D eigenvalue weighted by Crippen LogP contribution is 2.33. The minimum atomic E-state index is 0.563. The fraction of sp³-hybridized carbons (Fsp3) is 0.227. The van der Waals surface area contributed by atoms with Crippen LogP contribution in [0, 0.1) is 13.8 Å². The average Bonchev–Trinajstić information content (AvgIpc) is 3.10. The van der Waals surface area contributed by atoms with Crippen LogP contribution in [-0.2, 0) is 0 Å². The molecule has 0 aliphatic rings. The quantitative estimate of drug-likeness (QED) is 0.338. The Kier molecular flexibility index (Phi) is 5.69. The third-order valence-electron chi connectivity index (χ3n) is 4.40. The van der Waals surface area contributed by atoms with E-state index in [2.05, 4.69) is 90.8 Å². The number of aromatic nitrogens is 3. The van der Waals surface area contributed by atoms with Crippen molar-refractivity contribution in [2.24, 2.45) is 0 Å². The number of benzene rings is 2. The lowest BCUT2D eigenvalue weighted by Gasteiger charge is -2.09. The molecule has 0 fully saturated rings. The first-order valence-corrected chi connectivity index (χ1v) is 11.2. The molecular formula is C22H23N5S2. The van der Waals surface area contributed by atoms with E-state index in [0.29, 0.717) is 11.1 Å². The molecule has 0 saturated heterocycles. The Balaban J connectivity index is 1.59. The van der Waals surface area contributed by atoms with E-state index in [1.54, 1.807) is 6.33 Å². The molecule has 0 amide bonds. The summed E-state index contributed by atoms with van der Waals surface area (Å²) in [5.74, 6) is 0.713. The summed E-state index contributed by atoms with van der Waals surface area (Å²) >= 11 is 3.38. The highest BCUT2D eigenvalue weighted by atomic mass is 32.2. The van der Waals surface area contributed by atoms with Gasteiger partial charge >= 0.3 is 0 Å². The van der Waals surface area contributed by atoms with E-state index in [0.717, 1.165) is 26.9 Å². The summed E-state index contributed by atoms with van der Waals surface area (Å²) in [6.07, 6.45) is 1.58. The Hall–Kier alpha value is -2.64. The van der Waals surface area contributed by atoms with E-state index in [9.17, 15) is 0 Å². The second-order valence-electron chi connectivity index (χ2n) is 7.10. The van der Waals surface area contributed by atoms with Gasteiger partial charge in [0.05, 0.1) is 0 Å². The number of anilines is 4. The Bertz CT molecular complexity index is 1120.